The van der Waals surface area contributed by atoms with Crippen LogP contribution in [-0.4, -0.2) is 36.5 Å². The lowest BCUT2D eigenvalue weighted by Gasteiger charge is -2.09. The van der Waals surface area contributed by atoms with Crippen molar-refractivity contribution in [1.82, 2.24) is 15.6 Å². The fourth-order valence-electron chi connectivity index (χ4n) is 2.48. The number of nitrogens with two attached hydrogens (primary N) is 1. The van der Waals surface area contributed by atoms with Gasteiger partial charge in [0.05, 0.1) is 32.3 Å². The number of methoxy groups -OCH3 is 2. The number of ether oxygens (including phenoxy) is 2. The van der Waals surface area contributed by atoms with Gasteiger partial charge in [-0.3, -0.25) is 9.89 Å². The van der Waals surface area contributed by atoms with Crippen LogP contribution in [0.3, 0.4) is 0 Å². The maximum atomic E-state index is 12.1. The molecule has 0 aliphatic rings. The molecule has 0 aliphatic carbocycles. The van der Waals surface area contributed by atoms with Crippen LogP contribution in [0, 0.1) is 0 Å². The smallest absolute Gasteiger partial charge is 0.271 e. The van der Waals surface area contributed by atoms with E-state index in [2.05, 4.69) is 20.7 Å². The summed E-state index contributed by atoms with van der Waals surface area (Å²) in [4.78, 5) is 12.1. The van der Waals surface area contributed by atoms with E-state index in [1.807, 2.05) is 12.1 Å². The van der Waals surface area contributed by atoms with Crippen LogP contribution in [0.5, 0.6) is 11.5 Å². The molecular formula is C19H19N5O3. The number of carbonyl (C=O) groups excluding carboxylic acids is 1. The zero-order chi connectivity index (χ0) is 19.2. The van der Waals surface area contributed by atoms with Crippen molar-refractivity contribution in [2.24, 2.45) is 5.10 Å². The van der Waals surface area contributed by atoms with Crippen LogP contribution in [-0.2, 0) is 0 Å². The largest absolute Gasteiger partial charge is 0.493 e. The molecule has 8 heteroatoms. The van der Waals surface area contributed by atoms with Gasteiger partial charge in [-0.25, -0.2) is 5.43 Å². The highest BCUT2D eigenvalue weighted by molar-refractivity contribution is 5.95. The Balaban J connectivity index is 1.76. The summed E-state index contributed by atoms with van der Waals surface area (Å²) in [6, 6.07) is 12.1. The van der Waals surface area contributed by atoms with E-state index in [0.29, 0.717) is 28.3 Å². The van der Waals surface area contributed by atoms with Crippen LogP contribution in [0.1, 0.15) is 15.9 Å². The highest BCUT2D eigenvalue weighted by atomic mass is 16.5. The van der Waals surface area contributed by atoms with Crippen LogP contribution in [0.25, 0.3) is 11.3 Å². The Bertz CT molecular complexity index is 964. The number of nitrogens with zero attached hydrogens (tertiary/aromatic N) is 2. The number of rotatable bonds is 6. The van der Waals surface area contributed by atoms with Gasteiger partial charge in [0, 0.05) is 22.4 Å². The van der Waals surface area contributed by atoms with Gasteiger partial charge in [0.1, 0.15) is 0 Å². The first-order valence-electron chi connectivity index (χ1n) is 8.07. The van der Waals surface area contributed by atoms with Crippen molar-refractivity contribution in [3.8, 4) is 22.8 Å². The summed E-state index contributed by atoms with van der Waals surface area (Å²) in [5.41, 5.74) is 11.4. The highest BCUT2D eigenvalue weighted by Crippen LogP contribution is 2.32. The molecule has 0 spiro atoms. The zero-order valence-corrected chi connectivity index (χ0v) is 14.9. The summed E-state index contributed by atoms with van der Waals surface area (Å²) in [6.07, 6.45) is 3.13. The summed E-state index contributed by atoms with van der Waals surface area (Å²) < 4.78 is 10.6. The molecular weight excluding hydrogens is 346 g/mol. The third-order valence-electron chi connectivity index (χ3n) is 3.88. The Labute approximate surface area is 156 Å². The Hall–Kier alpha value is -3.81. The number of H-pyrrole nitrogens is 1. The molecule has 1 amide bonds. The molecule has 2 aromatic carbocycles. The number of nitrogens with one attached hydrogen (secondary N) is 2. The van der Waals surface area contributed by atoms with Gasteiger partial charge in [0.2, 0.25) is 0 Å². The Morgan fingerprint density at radius 2 is 1.89 bits per heavy atom. The predicted octanol–water partition coefficient (Wildman–Crippen LogP) is 2.44. The minimum atomic E-state index is -0.331. The normalized spacial score (nSPS) is 10.7. The molecule has 0 radical (unpaired) electrons. The maximum absolute atomic E-state index is 12.1. The summed E-state index contributed by atoms with van der Waals surface area (Å²) in [6.45, 7) is 0. The van der Waals surface area contributed by atoms with E-state index in [4.69, 9.17) is 15.2 Å². The van der Waals surface area contributed by atoms with Crippen LogP contribution in [0.2, 0.25) is 0 Å². The first kappa shape index (κ1) is 18.0. The number of aromatic nitrogens is 2. The van der Waals surface area contributed by atoms with Crippen molar-refractivity contribution in [3.63, 3.8) is 0 Å². The van der Waals surface area contributed by atoms with Gasteiger partial charge in [-0.1, -0.05) is 0 Å². The van der Waals surface area contributed by atoms with E-state index in [1.165, 1.54) is 6.21 Å². The van der Waals surface area contributed by atoms with Crippen molar-refractivity contribution >= 4 is 17.8 Å². The van der Waals surface area contributed by atoms with Gasteiger partial charge in [0.25, 0.3) is 5.91 Å². The van der Waals surface area contributed by atoms with E-state index in [-0.39, 0.29) is 5.91 Å². The predicted molar refractivity (Wildman–Crippen MR) is 103 cm³/mol. The molecule has 0 unspecified atom stereocenters. The summed E-state index contributed by atoms with van der Waals surface area (Å²) in [5, 5.41) is 11.0. The molecule has 3 aromatic rings. The molecule has 0 atom stereocenters. The van der Waals surface area contributed by atoms with Crippen molar-refractivity contribution in [2.45, 2.75) is 0 Å². The number of hydrazone groups is 1. The number of benzene rings is 2. The topological polar surface area (TPSA) is 115 Å². The van der Waals surface area contributed by atoms with Gasteiger partial charge in [0.15, 0.2) is 11.5 Å². The lowest BCUT2D eigenvalue weighted by Crippen LogP contribution is -2.17. The molecule has 4 N–H and O–H groups in total. The van der Waals surface area contributed by atoms with Crippen molar-refractivity contribution < 1.29 is 14.3 Å². The number of carbonyl (C=O) groups is 1. The van der Waals surface area contributed by atoms with Crippen molar-refractivity contribution in [1.29, 1.82) is 0 Å². The number of hydrogen-bond acceptors (Lipinski definition) is 6. The average molecular weight is 365 g/mol. The Morgan fingerprint density at radius 1 is 1.15 bits per heavy atom. The van der Waals surface area contributed by atoms with Crippen molar-refractivity contribution in [3.05, 3.63) is 59.8 Å². The third-order valence-corrected chi connectivity index (χ3v) is 3.88. The molecule has 0 bridgehead atoms. The number of anilines is 1. The number of hydrogen-bond donors (Lipinski definition) is 3. The molecule has 0 fully saturated rings. The van der Waals surface area contributed by atoms with E-state index in [9.17, 15) is 4.79 Å². The lowest BCUT2D eigenvalue weighted by molar-refractivity contribution is 0.0955. The van der Waals surface area contributed by atoms with Gasteiger partial charge in [-0.2, -0.15) is 10.2 Å². The quantitative estimate of drug-likeness (QED) is 0.353. The first-order valence-corrected chi connectivity index (χ1v) is 8.07. The fraction of sp³-hybridized carbons (Fsp3) is 0.105. The first-order chi connectivity index (χ1) is 13.1. The number of aromatic amines is 1. The Morgan fingerprint density at radius 3 is 2.59 bits per heavy atom. The molecule has 8 nitrogen and oxygen atoms in total. The van der Waals surface area contributed by atoms with E-state index in [0.717, 1.165) is 11.3 Å². The number of amides is 1. The van der Waals surface area contributed by atoms with Gasteiger partial charge in [-0.05, 0) is 42.5 Å². The van der Waals surface area contributed by atoms with E-state index < -0.39 is 0 Å². The molecule has 3 rings (SSSR count). The zero-order valence-electron chi connectivity index (χ0n) is 14.9. The average Bonchev–Trinajstić information content (AvgIpc) is 3.16. The highest BCUT2D eigenvalue weighted by Gasteiger charge is 2.11. The fourth-order valence-corrected chi connectivity index (χ4v) is 2.48. The monoisotopic (exact) mass is 365 g/mol. The van der Waals surface area contributed by atoms with Gasteiger partial charge < -0.3 is 15.2 Å². The molecule has 27 heavy (non-hydrogen) atoms. The summed E-state index contributed by atoms with van der Waals surface area (Å²) in [7, 11) is 3.15. The maximum Gasteiger partial charge on any atom is 0.271 e. The molecule has 0 aliphatic heterocycles. The lowest BCUT2D eigenvalue weighted by atomic mass is 10.1. The minimum absolute atomic E-state index is 0.331. The van der Waals surface area contributed by atoms with Crippen LogP contribution < -0.4 is 20.6 Å². The van der Waals surface area contributed by atoms with Crippen molar-refractivity contribution in [2.75, 3.05) is 20.0 Å². The Kier molecular flexibility index (Phi) is 5.36. The SMILES string of the molecule is COc1ccc(-c2[nH]ncc2/C=N\NC(=O)c2ccc(N)cc2)cc1OC. The van der Waals surface area contributed by atoms with Gasteiger partial charge in [-0.15, -0.1) is 0 Å². The standard InChI is InChI=1S/C19H19N5O3/c1-26-16-8-5-13(9-17(16)27-2)18-14(10-21-23-18)11-22-24-19(25)12-3-6-15(20)7-4-12/h3-11H,20H2,1-2H3,(H,21,23)(H,24,25)/b22-11-. The van der Waals surface area contributed by atoms with E-state index in [1.54, 1.807) is 50.7 Å². The van der Waals surface area contributed by atoms with E-state index >= 15 is 0 Å². The van der Waals surface area contributed by atoms with Crippen LogP contribution >= 0.6 is 0 Å². The second kappa shape index (κ2) is 8.05. The molecule has 138 valence electrons. The molecule has 0 saturated carbocycles. The number of nitrogen functional groups attached to an aromatic ring is 1. The second-order valence-corrected chi connectivity index (χ2v) is 5.59. The molecule has 1 heterocycles. The minimum Gasteiger partial charge on any atom is -0.493 e. The summed E-state index contributed by atoms with van der Waals surface area (Å²) in [5.74, 6) is 0.901. The summed E-state index contributed by atoms with van der Waals surface area (Å²) >= 11 is 0. The van der Waals surface area contributed by atoms with Gasteiger partial charge >= 0.3 is 0 Å². The molecule has 0 saturated heterocycles. The van der Waals surface area contributed by atoms with Crippen LogP contribution in [0.4, 0.5) is 5.69 Å². The van der Waals surface area contributed by atoms with Crippen LogP contribution in [0.15, 0.2) is 53.8 Å². The molecule has 1 aromatic heterocycles. The third kappa shape index (κ3) is 4.06. The second-order valence-electron chi connectivity index (χ2n) is 5.59.